The SMILES string of the molecule is CCCCCCCC/C=C\CCCCCCCCCC(=O)OC(COC(=O)CCCCCCCCCCCCCCCCCCCCCCCCCCCCCCCCCCCCCCCCC)COP(=O)(O)OCC[N+](C)(C)C. The highest BCUT2D eigenvalue weighted by Crippen LogP contribution is 2.43. The predicted octanol–water partition coefficient (Wildman–Crippen LogP) is 22.7. The van der Waals surface area contributed by atoms with Crippen molar-refractivity contribution in [3.05, 3.63) is 12.2 Å². The van der Waals surface area contributed by atoms with Crippen molar-refractivity contribution >= 4 is 19.8 Å². The standard InChI is InChI=1S/C70H138NO8P/c1-6-8-10-12-14-16-18-20-22-24-25-26-27-28-29-30-31-32-33-34-35-36-37-38-39-40-41-42-43-44-45-47-48-50-52-54-56-58-60-62-69(72)76-66-68(67-78-80(74,75)77-65-64-71(3,4)5)79-70(73)63-61-59-57-55-53-51-49-46-23-21-19-17-15-13-11-9-7-2/h21,23,68H,6-20,22,24-67H2,1-5H3/p+1/b23-21-. The van der Waals surface area contributed by atoms with Crippen LogP contribution in [0.1, 0.15) is 373 Å². The summed E-state index contributed by atoms with van der Waals surface area (Å²) in [6.07, 6.45) is 76.3. The Bertz CT molecular complexity index is 1350. The van der Waals surface area contributed by atoms with Gasteiger partial charge in [-0.2, -0.15) is 0 Å². The van der Waals surface area contributed by atoms with Gasteiger partial charge in [-0.05, 0) is 38.5 Å². The molecule has 9 nitrogen and oxygen atoms in total. The molecule has 0 bridgehead atoms. The summed E-state index contributed by atoms with van der Waals surface area (Å²) in [7, 11) is 1.50. The Morgan fingerprint density at radius 2 is 0.637 bits per heavy atom. The van der Waals surface area contributed by atoms with Crippen molar-refractivity contribution < 1.29 is 42.1 Å². The summed E-state index contributed by atoms with van der Waals surface area (Å²) in [5.74, 6) is -0.781. The average Bonchev–Trinajstić information content (AvgIpc) is 3.42. The molecule has 476 valence electrons. The van der Waals surface area contributed by atoms with E-state index in [1.54, 1.807) is 0 Å². The Balaban J connectivity index is 3.84. The first kappa shape index (κ1) is 78.8. The number of allylic oxidation sites excluding steroid dienone is 2. The van der Waals surface area contributed by atoms with Crippen LogP contribution in [0.2, 0.25) is 0 Å². The molecule has 10 heteroatoms. The van der Waals surface area contributed by atoms with Gasteiger partial charge in [0.25, 0.3) is 0 Å². The molecule has 0 aliphatic heterocycles. The van der Waals surface area contributed by atoms with Crippen molar-refractivity contribution in [2.45, 2.75) is 380 Å². The number of hydrogen-bond donors (Lipinski definition) is 1. The van der Waals surface area contributed by atoms with Gasteiger partial charge in [-0.3, -0.25) is 18.6 Å². The molecule has 0 rings (SSSR count). The lowest BCUT2D eigenvalue weighted by molar-refractivity contribution is -0.870. The molecule has 0 aliphatic rings. The molecule has 0 amide bonds. The second-order valence-electron chi connectivity index (χ2n) is 25.6. The van der Waals surface area contributed by atoms with Gasteiger partial charge in [0.05, 0.1) is 27.7 Å². The molecular weight excluding hydrogens is 1010 g/mol. The fraction of sp³-hybridized carbons (Fsp3) is 0.943. The van der Waals surface area contributed by atoms with Crippen LogP contribution in [0.3, 0.4) is 0 Å². The van der Waals surface area contributed by atoms with Crippen LogP contribution in [0, 0.1) is 0 Å². The highest BCUT2D eigenvalue weighted by atomic mass is 31.2. The zero-order valence-corrected chi connectivity index (χ0v) is 55.3. The molecule has 0 saturated carbocycles. The molecule has 0 heterocycles. The number of phosphoric acid groups is 1. The van der Waals surface area contributed by atoms with Gasteiger partial charge in [0.2, 0.25) is 0 Å². The van der Waals surface area contributed by atoms with Gasteiger partial charge in [-0.25, -0.2) is 4.57 Å². The Hall–Kier alpha value is -1.25. The quantitative estimate of drug-likeness (QED) is 0.0211. The number of carbonyl (C=O) groups is 2. The van der Waals surface area contributed by atoms with Gasteiger partial charge in [-0.1, -0.05) is 334 Å². The Labute approximate surface area is 498 Å². The van der Waals surface area contributed by atoms with E-state index in [4.69, 9.17) is 18.5 Å². The Morgan fingerprint density at radius 1 is 0.375 bits per heavy atom. The molecule has 1 N–H and O–H groups in total. The lowest BCUT2D eigenvalue weighted by atomic mass is 10.0. The fourth-order valence-electron chi connectivity index (χ4n) is 10.8. The molecule has 2 atom stereocenters. The number of phosphoric ester groups is 1. The van der Waals surface area contributed by atoms with Crippen molar-refractivity contribution in [1.29, 1.82) is 0 Å². The minimum Gasteiger partial charge on any atom is -0.462 e. The highest BCUT2D eigenvalue weighted by molar-refractivity contribution is 7.47. The summed E-state index contributed by atoms with van der Waals surface area (Å²) in [6.45, 7) is 4.49. The molecule has 0 aromatic rings. The molecule has 0 radical (unpaired) electrons. The van der Waals surface area contributed by atoms with Crippen molar-refractivity contribution in [2.75, 3.05) is 47.5 Å². The van der Waals surface area contributed by atoms with E-state index in [2.05, 4.69) is 26.0 Å². The van der Waals surface area contributed by atoms with Crippen molar-refractivity contribution in [1.82, 2.24) is 0 Å². The lowest BCUT2D eigenvalue weighted by Gasteiger charge is -2.24. The van der Waals surface area contributed by atoms with Crippen LogP contribution >= 0.6 is 7.82 Å². The number of quaternary nitrogens is 1. The van der Waals surface area contributed by atoms with Gasteiger partial charge >= 0.3 is 19.8 Å². The number of esters is 2. The van der Waals surface area contributed by atoms with Gasteiger partial charge in [0, 0.05) is 12.8 Å². The minimum absolute atomic E-state index is 0.0346. The van der Waals surface area contributed by atoms with Crippen LogP contribution in [0.15, 0.2) is 12.2 Å². The van der Waals surface area contributed by atoms with E-state index in [0.29, 0.717) is 23.9 Å². The van der Waals surface area contributed by atoms with Crippen LogP contribution in [0.25, 0.3) is 0 Å². The van der Waals surface area contributed by atoms with E-state index < -0.39 is 26.5 Å². The molecule has 0 saturated heterocycles. The van der Waals surface area contributed by atoms with Crippen LogP contribution in [0.4, 0.5) is 0 Å². The molecular formula is C70H139NO8P+. The normalized spacial score (nSPS) is 13.1. The first-order valence-electron chi connectivity index (χ1n) is 35.4. The first-order chi connectivity index (χ1) is 39.0. The van der Waals surface area contributed by atoms with Crippen molar-refractivity contribution in [3.8, 4) is 0 Å². The number of likely N-dealkylation sites (N-methyl/N-ethyl adjacent to an activating group) is 1. The summed E-state index contributed by atoms with van der Waals surface area (Å²) in [4.78, 5) is 35.8. The summed E-state index contributed by atoms with van der Waals surface area (Å²) in [5, 5.41) is 0. The summed E-state index contributed by atoms with van der Waals surface area (Å²) in [6, 6.07) is 0. The van der Waals surface area contributed by atoms with Gasteiger partial charge in [0.1, 0.15) is 19.8 Å². The van der Waals surface area contributed by atoms with E-state index in [1.165, 1.54) is 295 Å². The number of unbranched alkanes of at least 4 members (excludes halogenated alkanes) is 51. The minimum atomic E-state index is -4.38. The smallest absolute Gasteiger partial charge is 0.462 e. The number of rotatable bonds is 67. The van der Waals surface area contributed by atoms with E-state index >= 15 is 0 Å². The number of hydrogen-bond acceptors (Lipinski definition) is 7. The van der Waals surface area contributed by atoms with Crippen molar-refractivity contribution in [3.63, 3.8) is 0 Å². The summed E-state index contributed by atoms with van der Waals surface area (Å²) in [5.41, 5.74) is 0. The third-order valence-corrected chi connectivity index (χ3v) is 17.3. The molecule has 0 aromatic carbocycles. The third kappa shape index (κ3) is 65.9. The van der Waals surface area contributed by atoms with Gasteiger partial charge < -0.3 is 18.9 Å². The van der Waals surface area contributed by atoms with Crippen molar-refractivity contribution in [2.24, 2.45) is 0 Å². The predicted molar refractivity (Wildman–Crippen MR) is 345 cm³/mol. The summed E-state index contributed by atoms with van der Waals surface area (Å²) >= 11 is 0. The maximum atomic E-state index is 12.8. The maximum Gasteiger partial charge on any atom is 0.472 e. The third-order valence-electron chi connectivity index (χ3n) is 16.3. The lowest BCUT2D eigenvalue weighted by Crippen LogP contribution is -2.37. The molecule has 0 spiro atoms. The number of nitrogens with zero attached hydrogens (tertiary/aromatic N) is 1. The van der Waals surface area contributed by atoms with Crippen LogP contribution in [0.5, 0.6) is 0 Å². The van der Waals surface area contributed by atoms with Gasteiger partial charge in [-0.15, -0.1) is 0 Å². The number of carbonyl (C=O) groups excluding carboxylic acids is 2. The zero-order valence-electron chi connectivity index (χ0n) is 54.4. The van der Waals surface area contributed by atoms with Crippen LogP contribution in [-0.4, -0.2) is 74.9 Å². The van der Waals surface area contributed by atoms with Crippen LogP contribution in [-0.2, 0) is 32.7 Å². The maximum absolute atomic E-state index is 12.8. The Morgan fingerprint density at radius 3 is 0.925 bits per heavy atom. The first-order valence-corrected chi connectivity index (χ1v) is 36.9. The highest BCUT2D eigenvalue weighted by Gasteiger charge is 2.27. The second-order valence-corrected chi connectivity index (χ2v) is 27.1. The molecule has 0 aromatic heterocycles. The van der Waals surface area contributed by atoms with Gasteiger partial charge in [0.15, 0.2) is 6.10 Å². The number of ether oxygens (including phenoxy) is 2. The topological polar surface area (TPSA) is 108 Å². The van der Waals surface area contributed by atoms with E-state index in [-0.39, 0.29) is 25.6 Å². The second kappa shape index (κ2) is 62.3. The molecule has 2 unspecified atom stereocenters. The largest absolute Gasteiger partial charge is 0.472 e. The van der Waals surface area contributed by atoms with E-state index in [1.807, 2.05) is 21.1 Å². The zero-order chi connectivity index (χ0) is 58.4. The monoisotopic (exact) mass is 1150 g/mol. The van der Waals surface area contributed by atoms with E-state index in [9.17, 15) is 19.0 Å². The average molecular weight is 1150 g/mol. The fourth-order valence-corrected chi connectivity index (χ4v) is 11.6. The molecule has 0 fully saturated rings. The Kier molecular flexibility index (Phi) is 61.3. The summed E-state index contributed by atoms with van der Waals surface area (Å²) < 4.78 is 34.7. The van der Waals surface area contributed by atoms with E-state index in [0.717, 1.165) is 44.9 Å². The molecule has 0 aliphatic carbocycles. The van der Waals surface area contributed by atoms with Crippen LogP contribution < -0.4 is 0 Å². The molecule has 80 heavy (non-hydrogen) atoms.